The molecule has 2 rings (SSSR count). The van der Waals surface area contributed by atoms with Crippen molar-refractivity contribution < 1.29 is 4.74 Å². The van der Waals surface area contributed by atoms with Crippen molar-refractivity contribution in [2.45, 2.75) is 52.4 Å². The Morgan fingerprint density at radius 1 is 1.00 bits per heavy atom. The van der Waals surface area contributed by atoms with Gasteiger partial charge in [0.25, 0.3) is 0 Å². The average molecular weight is 320 g/mol. The molecule has 1 aliphatic carbocycles. The number of allylic oxidation sites excluding steroid dienone is 2. The zero-order valence-corrected chi connectivity index (χ0v) is 15.0. The van der Waals surface area contributed by atoms with E-state index in [0.29, 0.717) is 12.5 Å². The first-order valence-electron chi connectivity index (χ1n) is 9.22. The molecule has 0 aromatic heterocycles. The second kappa shape index (κ2) is 10.6. The summed E-state index contributed by atoms with van der Waals surface area (Å²) in [5.41, 5.74) is 0.991. The summed E-state index contributed by atoms with van der Waals surface area (Å²) in [4.78, 5) is 0. The van der Waals surface area contributed by atoms with E-state index in [1.165, 1.54) is 38.5 Å². The molecular weight excluding hydrogens is 292 g/mol. The molecule has 126 valence electrons. The highest BCUT2D eigenvalue weighted by atomic mass is 16.5. The monoisotopic (exact) mass is 320 g/mol. The van der Waals surface area contributed by atoms with Crippen molar-refractivity contribution in [1.29, 1.82) is 0 Å². The van der Waals surface area contributed by atoms with Crippen LogP contribution in [-0.4, -0.2) is 6.61 Å². The lowest BCUT2D eigenvalue weighted by Crippen LogP contribution is -2.12. The highest BCUT2D eigenvalue weighted by Gasteiger charge is 2.18. The van der Waals surface area contributed by atoms with Gasteiger partial charge in [-0.3, -0.25) is 0 Å². The summed E-state index contributed by atoms with van der Waals surface area (Å²) in [6, 6.07) is 7.86. The summed E-state index contributed by atoms with van der Waals surface area (Å²) >= 11 is 0. The van der Waals surface area contributed by atoms with Crippen LogP contribution in [0.5, 0.6) is 5.75 Å². The Bertz CT molecular complexity index is 623. The molecule has 1 heteroatoms. The van der Waals surface area contributed by atoms with E-state index in [2.05, 4.69) is 30.6 Å². The van der Waals surface area contributed by atoms with Crippen molar-refractivity contribution in [1.82, 2.24) is 0 Å². The van der Waals surface area contributed by atoms with Gasteiger partial charge in [0.15, 0.2) is 0 Å². The number of ether oxygens (including phenoxy) is 1. The molecule has 24 heavy (non-hydrogen) atoms. The standard InChI is InChI=1S/C23H28O/c1-3-9-20-12-14-21(15-13-20)10-7-5-6-8-11-22-16-18-23(19-17-22)24-4-2/h5-6,16-21H,3-4,9,12-15H2,1-2H3. The Morgan fingerprint density at radius 2 is 1.71 bits per heavy atom. The summed E-state index contributed by atoms with van der Waals surface area (Å²) in [5.74, 6) is 15.1. The number of benzene rings is 1. The van der Waals surface area contributed by atoms with Crippen molar-refractivity contribution in [3.8, 4) is 29.4 Å². The van der Waals surface area contributed by atoms with Crippen LogP contribution in [0.25, 0.3) is 0 Å². The van der Waals surface area contributed by atoms with Crippen LogP contribution in [0, 0.1) is 35.5 Å². The van der Waals surface area contributed by atoms with E-state index < -0.39 is 0 Å². The van der Waals surface area contributed by atoms with E-state index in [9.17, 15) is 0 Å². The van der Waals surface area contributed by atoms with Crippen LogP contribution in [0.2, 0.25) is 0 Å². The second-order valence-corrected chi connectivity index (χ2v) is 6.36. The lowest BCUT2D eigenvalue weighted by atomic mass is 9.80. The Balaban J connectivity index is 1.76. The van der Waals surface area contributed by atoms with E-state index in [0.717, 1.165) is 17.2 Å². The lowest BCUT2D eigenvalue weighted by molar-refractivity contribution is 0.300. The minimum absolute atomic E-state index is 0.585. The van der Waals surface area contributed by atoms with Crippen LogP contribution in [-0.2, 0) is 0 Å². The fraction of sp³-hybridized carbons (Fsp3) is 0.478. The van der Waals surface area contributed by atoms with E-state index in [4.69, 9.17) is 4.74 Å². The molecule has 1 aliphatic rings. The van der Waals surface area contributed by atoms with Gasteiger partial charge in [-0.25, -0.2) is 0 Å². The largest absolute Gasteiger partial charge is 0.494 e. The SMILES string of the molecule is CCCC1CCC(C#CC=CC#Cc2ccc(OCC)cc2)CC1. The van der Waals surface area contributed by atoms with Crippen LogP contribution in [0.4, 0.5) is 0 Å². The van der Waals surface area contributed by atoms with Gasteiger partial charge in [0.1, 0.15) is 5.75 Å². The van der Waals surface area contributed by atoms with Gasteiger partial charge in [-0.05, 0) is 74.9 Å². The van der Waals surface area contributed by atoms with Gasteiger partial charge < -0.3 is 4.74 Å². The zero-order valence-electron chi connectivity index (χ0n) is 15.0. The molecule has 1 nitrogen and oxygen atoms in total. The Morgan fingerprint density at radius 3 is 2.38 bits per heavy atom. The maximum Gasteiger partial charge on any atom is 0.119 e. The lowest BCUT2D eigenvalue weighted by Gasteiger charge is -2.25. The third-order valence-corrected chi connectivity index (χ3v) is 4.46. The summed E-state index contributed by atoms with van der Waals surface area (Å²) in [7, 11) is 0. The molecule has 1 saturated carbocycles. The minimum atomic E-state index is 0.585. The molecule has 0 heterocycles. The Labute approximate surface area is 147 Å². The summed E-state index contributed by atoms with van der Waals surface area (Å²) in [5, 5.41) is 0. The maximum atomic E-state index is 5.42. The van der Waals surface area contributed by atoms with Crippen LogP contribution in [0.1, 0.15) is 57.9 Å². The maximum absolute atomic E-state index is 5.42. The van der Waals surface area contributed by atoms with Gasteiger partial charge in [-0.2, -0.15) is 0 Å². The zero-order chi connectivity index (χ0) is 17.0. The van der Waals surface area contributed by atoms with Crippen LogP contribution >= 0.6 is 0 Å². The second-order valence-electron chi connectivity index (χ2n) is 6.36. The van der Waals surface area contributed by atoms with Crippen molar-refractivity contribution >= 4 is 0 Å². The fourth-order valence-electron chi connectivity index (χ4n) is 3.18. The molecule has 0 aliphatic heterocycles. The minimum Gasteiger partial charge on any atom is -0.494 e. The topological polar surface area (TPSA) is 9.23 Å². The van der Waals surface area contributed by atoms with Crippen LogP contribution in [0.15, 0.2) is 36.4 Å². The molecule has 1 fully saturated rings. The smallest absolute Gasteiger partial charge is 0.119 e. The fourth-order valence-corrected chi connectivity index (χ4v) is 3.18. The van der Waals surface area contributed by atoms with Crippen molar-refractivity contribution in [3.63, 3.8) is 0 Å². The summed E-state index contributed by atoms with van der Waals surface area (Å²) < 4.78 is 5.42. The van der Waals surface area contributed by atoms with Crippen molar-refractivity contribution in [3.05, 3.63) is 42.0 Å². The molecular formula is C23H28O. The highest BCUT2D eigenvalue weighted by molar-refractivity contribution is 5.40. The third-order valence-electron chi connectivity index (χ3n) is 4.46. The molecule has 1 aromatic carbocycles. The first-order chi connectivity index (χ1) is 11.8. The molecule has 1 aromatic rings. The quantitative estimate of drug-likeness (QED) is 0.656. The van der Waals surface area contributed by atoms with Crippen LogP contribution in [0.3, 0.4) is 0 Å². The van der Waals surface area contributed by atoms with Gasteiger partial charge in [0.05, 0.1) is 6.61 Å². The predicted octanol–water partition coefficient (Wildman–Crippen LogP) is 5.60. The molecule has 0 spiro atoms. The molecule has 0 bridgehead atoms. The van der Waals surface area contributed by atoms with E-state index in [1.54, 1.807) is 0 Å². The third kappa shape index (κ3) is 6.55. The molecule has 0 radical (unpaired) electrons. The predicted molar refractivity (Wildman–Crippen MR) is 102 cm³/mol. The Kier molecular flexibility index (Phi) is 8.06. The van der Waals surface area contributed by atoms with Crippen molar-refractivity contribution in [2.75, 3.05) is 6.61 Å². The molecule has 0 saturated heterocycles. The van der Waals surface area contributed by atoms with Gasteiger partial charge in [-0.15, -0.1) is 0 Å². The summed E-state index contributed by atoms with van der Waals surface area (Å²) in [6.07, 6.45) is 11.7. The van der Waals surface area contributed by atoms with Gasteiger partial charge in [-0.1, -0.05) is 43.4 Å². The summed E-state index contributed by atoms with van der Waals surface area (Å²) in [6.45, 7) is 4.95. The molecule has 0 unspecified atom stereocenters. The van der Waals surface area contributed by atoms with Gasteiger partial charge in [0, 0.05) is 11.5 Å². The first kappa shape index (κ1) is 18.2. The Hall–Kier alpha value is -2.12. The van der Waals surface area contributed by atoms with Gasteiger partial charge >= 0.3 is 0 Å². The van der Waals surface area contributed by atoms with Gasteiger partial charge in [0.2, 0.25) is 0 Å². The number of rotatable bonds is 4. The average Bonchev–Trinajstić information content (AvgIpc) is 2.61. The molecule has 0 amide bonds. The normalized spacial score (nSPS) is 19.9. The van der Waals surface area contributed by atoms with Crippen molar-refractivity contribution in [2.24, 2.45) is 11.8 Å². The molecule has 0 N–H and O–H groups in total. The van der Waals surface area contributed by atoms with E-state index in [-0.39, 0.29) is 0 Å². The molecule has 0 atom stereocenters. The first-order valence-corrected chi connectivity index (χ1v) is 9.22. The van der Waals surface area contributed by atoms with E-state index in [1.807, 2.05) is 43.3 Å². The van der Waals surface area contributed by atoms with Crippen LogP contribution < -0.4 is 4.74 Å². The number of hydrogen-bond acceptors (Lipinski definition) is 1. The highest BCUT2D eigenvalue weighted by Crippen LogP contribution is 2.30. The number of hydrogen-bond donors (Lipinski definition) is 0. The van der Waals surface area contributed by atoms with E-state index >= 15 is 0 Å².